The number of nitrogens with zero attached hydrogens (tertiary/aromatic N) is 1. The van der Waals surface area contributed by atoms with Crippen molar-refractivity contribution in [3.05, 3.63) is 59.7 Å². The van der Waals surface area contributed by atoms with Gasteiger partial charge in [-0.2, -0.15) is 13.2 Å². The van der Waals surface area contributed by atoms with E-state index in [9.17, 15) is 13.2 Å². The Morgan fingerprint density at radius 2 is 1.83 bits per heavy atom. The third kappa shape index (κ3) is 5.52. The highest BCUT2D eigenvalue weighted by Crippen LogP contribution is 2.39. The fraction of sp³-hybridized carbons (Fsp3) is 0.583. The molecule has 2 nitrogen and oxygen atoms in total. The lowest BCUT2D eigenvalue weighted by atomic mass is 9.80. The summed E-state index contributed by atoms with van der Waals surface area (Å²) in [6.45, 7) is 11.5. The average molecular weight is 407 g/mol. The standard InChI is InChI=1S/C24H33F3N2/c1-17-14-20(24(25,26)27)11-10-19(17)15-21(18-8-6-5-7-9-18)29-13-12-28-22(16-29)23(2,3)4/h5-11,14,17,19,21-22,28H,12-13,15-16H2,1-4H3/t17?,19?,21?,22-/m1/s1. The number of nitrogens with one attached hydrogen (secondary N) is 1. The summed E-state index contributed by atoms with van der Waals surface area (Å²) in [5.74, 6) is -0.0431. The van der Waals surface area contributed by atoms with E-state index >= 15 is 0 Å². The van der Waals surface area contributed by atoms with Crippen molar-refractivity contribution in [2.75, 3.05) is 19.6 Å². The number of rotatable bonds is 4. The van der Waals surface area contributed by atoms with Gasteiger partial charge in [0.25, 0.3) is 0 Å². The first kappa shape index (κ1) is 22.1. The third-order valence-electron chi connectivity index (χ3n) is 6.34. The van der Waals surface area contributed by atoms with Crippen molar-refractivity contribution in [1.29, 1.82) is 0 Å². The molecule has 4 atom stereocenters. The van der Waals surface area contributed by atoms with E-state index in [0.29, 0.717) is 6.04 Å². The minimum Gasteiger partial charge on any atom is -0.311 e. The minimum absolute atomic E-state index is 0.0919. The monoisotopic (exact) mass is 406 g/mol. The summed E-state index contributed by atoms with van der Waals surface area (Å²) in [7, 11) is 0. The van der Waals surface area contributed by atoms with Crippen molar-refractivity contribution in [2.45, 2.75) is 52.4 Å². The molecular weight excluding hydrogens is 373 g/mol. The summed E-state index contributed by atoms with van der Waals surface area (Å²) >= 11 is 0. The second-order valence-electron chi connectivity index (χ2n) is 9.53. The Kier molecular flexibility index (Phi) is 6.59. The maximum Gasteiger partial charge on any atom is 0.416 e. The van der Waals surface area contributed by atoms with Crippen molar-refractivity contribution in [3.63, 3.8) is 0 Å². The van der Waals surface area contributed by atoms with E-state index in [2.05, 4.69) is 43.1 Å². The smallest absolute Gasteiger partial charge is 0.311 e. The maximum absolute atomic E-state index is 13.1. The Morgan fingerprint density at radius 3 is 2.41 bits per heavy atom. The molecule has 160 valence electrons. The number of piperazine rings is 1. The minimum atomic E-state index is -4.27. The summed E-state index contributed by atoms with van der Waals surface area (Å²) in [5.41, 5.74) is 0.878. The Labute approximate surface area is 172 Å². The van der Waals surface area contributed by atoms with E-state index in [1.54, 1.807) is 6.08 Å². The number of allylic oxidation sites excluding steroid dienone is 4. The second kappa shape index (κ2) is 8.65. The van der Waals surface area contributed by atoms with Gasteiger partial charge in [0, 0.05) is 31.7 Å². The Morgan fingerprint density at radius 1 is 1.14 bits per heavy atom. The highest BCUT2D eigenvalue weighted by atomic mass is 19.4. The van der Waals surface area contributed by atoms with E-state index in [-0.39, 0.29) is 23.3 Å². The molecule has 0 aromatic heterocycles. The Balaban J connectivity index is 1.81. The molecule has 1 aliphatic heterocycles. The van der Waals surface area contributed by atoms with Crippen LogP contribution < -0.4 is 5.32 Å². The van der Waals surface area contributed by atoms with Crippen LogP contribution in [0.1, 0.15) is 45.7 Å². The molecule has 0 radical (unpaired) electrons. The van der Waals surface area contributed by atoms with E-state index in [0.717, 1.165) is 26.1 Å². The molecule has 5 heteroatoms. The molecule has 1 fully saturated rings. The van der Waals surface area contributed by atoms with Gasteiger partial charge in [-0.1, -0.05) is 76.3 Å². The lowest BCUT2D eigenvalue weighted by molar-refractivity contribution is -0.0891. The van der Waals surface area contributed by atoms with Crippen LogP contribution in [0.3, 0.4) is 0 Å². The van der Waals surface area contributed by atoms with Gasteiger partial charge in [0.2, 0.25) is 0 Å². The van der Waals surface area contributed by atoms with Gasteiger partial charge in [-0.05, 0) is 29.2 Å². The molecule has 2 aliphatic rings. The quantitative estimate of drug-likeness (QED) is 0.685. The first-order chi connectivity index (χ1) is 13.6. The van der Waals surface area contributed by atoms with Crippen molar-refractivity contribution in [3.8, 4) is 0 Å². The lowest BCUT2D eigenvalue weighted by Gasteiger charge is -2.44. The van der Waals surface area contributed by atoms with Gasteiger partial charge < -0.3 is 5.32 Å². The van der Waals surface area contributed by atoms with E-state index in [1.807, 2.05) is 25.1 Å². The van der Waals surface area contributed by atoms with Gasteiger partial charge in [-0.3, -0.25) is 4.90 Å². The molecule has 1 aromatic rings. The van der Waals surface area contributed by atoms with Crippen molar-refractivity contribution in [1.82, 2.24) is 10.2 Å². The molecule has 0 bridgehead atoms. The van der Waals surface area contributed by atoms with Crippen LogP contribution in [0.25, 0.3) is 0 Å². The summed E-state index contributed by atoms with van der Waals surface area (Å²) < 4.78 is 39.2. The summed E-state index contributed by atoms with van der Waals surface area (Å²) in [4.78, 5) is 2.52. The van der Waals surface area contributed by atoms with E-state index < -0.39 is 11.7 Å². The zero-order valence-corrected chi connectivity index (χ0v) is 17.8. The highest BCUT2D eigenvalue weighted by Gasteiger charge is 2.37. The van der Waals surface area contributed by atoms with Crippen LogP contribution in [0.4, 0.5) is 13.2 Å². The number of alkyl halides is 3. The highest BCUT2D eigenvalue weighted by molar-refractivity contribution is 5.30. The molecule has 0 amide bonds. The molecule has 1 saturated heterocycles. The first-order valence-electron chi connectivity index (χ1n) is 10.6. The van der Waals surface area contributed by atoms with Gasteiger partial charge in [0.05, 0.1) is 5.57 Å². The molecule has 29 heavy (non-hydrogen) atoms. The zero-order chi connectivity index (χ0) is 21.2. The summed E-state index contributed by atoms with van der Waals surface area (Å²) in [6, 6.07) is 11.0. The van der Waals surface area contributed by atoms with Crippen LogP contribution in [0.2, 0.25) is 0 Å². The molecule has 1 heterocycles. The average Bonchev–Trinajstić information content (AvgIpc) is 2.66. The number of benzene rings is 1. The van der Waals surface area contributed by atoms with E-state index in [1.165, 1.54) is 17.7 Å². The molecule has 3 unspecified atom stereocenters. The van der Waals surface area contributed by atoms with Crippen LogP contribution in [-0.2, 0) is 0 Å². The Bertz CT molecular complexity index is 731. The fourth-order valence-electron chi connectivity index (χ4n) is 4.41. The van der Waals surface area contributed by atoms with E-state index in [4.69, 9.17) is 0 Å². The summed E-state index contributed by atoms with van der Waals surface area (Å²) in [6.07, 6.45) is 0.977. The van der Waals surface area contributed by atoms with Crippen molar-refractivity contribution < 1.29 is 13.2 Å². The molecule has 0 spiro atoms. The topological polar surface area (TPSA) is 15.3 Å². The molecule has 3 rings (SSSR count). The molecule has 1 N–H and O–H groups in total. The number of hydrogen-bond acceptors (Lipinski definition) is 2. The first-order valence-corrected chi connectivity index (χ1v) is 10.6. The van der Waals surface area contributed by atoms with Gasteiger partial charge in [0.15, 0.2) is 0 Å². The van der Waals surface area contributed by atoms with Crippen LogP contribution >= 0.6 is 0 Å². The van der Waals surface area contributed by atoms with Gasteiger partial charge >= 0.3 is 6.18 Å². The predicted octanol–water partition coefficient (Wildman–Crippen LogP) is 5.75. The third-order valence-corrected chi connectivity index (χ3v) is 6.34. The molecule has 0 saturated carbocycles. The largest absolute Gasteiger partial charge is 0.416 e. The second-order valence-corrected chi connectivity index (χ2v) is 9.53. The van der Waals surface area contributed by atoms with Crippen molar-refractivity contribution >= 4 is 0 Å². The molecular formula is C24H33F3N2. The maximum atomic E-state index is 13.1. The predicted molar refractivity (Wildman–Crippen MR) is 113 cm³/mol. The zero-order valence-electron chi connectivity index (χ0n) is 17.8. The SMILES string of the molecule is CC1C=C(C(F)(F)F)C=CC1CC(c1ccccc1)N1CCN[C@@H](C(C)(C)C)C1. The van der Waals surface area contributed by atoms with Crippen LogP contribution in [0, 0.1) is 17.3 Å². The molecule has 1 aromatic carbocycles. The Hall–Kier alpha value is -1.59. The fourth-order valence-corrected chi connectivity index (χ4v) is 4.41. The van der Waals surface area contributed by atoms with Gasteiger partial charge in [0.1, 0.15) is 0 Å². The normalized spacial score (nSPS) is 27.6. The summed E-state index contributed by atoms with van der Waals surface area (Å²) in [5, 5.41) is 3.64. The van der Waals surface area contributed by atoms with Gasteiger partial charge in [-0.15, -0.1) is 0 Å². The lowest BCUT2D eigenvalue weighted by Crippen LogP contribution is -2.56. The number of hydrogen-bond donors (Lipinski definition) is 1. The van der Waals surface area contributed by atoms with Crippen LogP contribution in [-0.4, -0.2) is 36.8 Å². The van der Waals surface area contributed by atoms with Crippen LogP contribution in [0.15, 0.2) is 54.1 Å². The van der Waals surface area contributed by atoms with Gasteiger partial charge in [-0.25, -0.2) is 0 Å². The van der Waals surface area contributed by atoms with Crippen LogP contribution in [0.5, 0.6) is 0 Å². The van der Waals surface area contributed by atoms with Crippen molar-refractivity contribution in [2.24, 2.45) is 17.3 Å². The number of halogens is 3. The molecule has 1 aliphatic carbocycles.